The number of phenols is 1. The molecule has 9 heteroatoms. The molecule has 3 aromatic carbocycles. The number of amides is 1. The van der Waals surface area contributed by atoms with Crippen LogP contribution in [0.25, 0.3) is 0 Å². The number of aromatic hydroxyl groups is 1. The quantitative estimate of drug-likeness (QED) is 0.292. The largest absolute Gasteiger partial charge is 0.504 e. The molecule has 0 fully saturated rings. The van der Waals surface area contributed by atoms with E-state index in [0.29, 0.717) is 44.4 Å². The van der Waals surface area contributed by atoms with Crippen molar-refractivity contribution in [3.63, 3.8) is 0 Å². The summed E-state index contributed by atoms with van der Waals surface area (Å²) in [5.41, 5.74) is 1.88. The van der Waals surface area contributed by atoms with E-state index in [1.807, 2.05) is 6.92 Å². The molecule has 0 radical (unpaired) electrons. The molecule has 0 aliphatic heterocycles. The zero-order valence-electron chi connectivity index (χ0n) is 16.1. The maximum absolute atomic E-state index is 12.5. The van der Waals surface area contributed by atoms with E-state index in [1.54, 1.807) is 42.5 Å². The number of nitrogens with one attached hydrogen (secondary N) is 1. The van der Waals surface area contributed by atoms with E-state index < -0.39 is 0 Å². The van der Waals surface area contributed by atoms with E-state index in [4.69, 9.17) is 27.9 Å². The highest BCUT2D eigenvalue weighted by Gasteiger charge is 2.15. The summed E-state index contributed by atoms with van der Waals surface area (Å²) in [5, 5.41) is 14.0. The fraction of sp³-hybridized carbons (Fsp3) is 0.0909. The predicted molar refractivity (Wildman–Crippen MR) is 133 cm³/mol. The minimum Gasteiger partial charge on any atom is -0.504 e. The second kappa shape index (κ2) is 10.5. The molecule has 0 atom stereocenters. The third kappa shape index (κ3) is 5.80. The molecule has 1 amide bonds. The molecular weight excluding hydrogens is 571 g/mol. The van der Waals surface area contributed by atoms with Gasteiger partial charge in [0.1, 0.15) is 0 Å². The van der Waals surface area contributed by atoms with Gasteiger partial charge in [0, 0.05) is 25.9 Å². The number of anilines is 1. The Morgan fingerprint density at radius 2 is 1.97 bits per heavy atom. The Morgan fingerprint density at radius 3 is 2.68 bits per heavy atom. The lowest BCUT2D eigenvalue weighted by Gasteiger charge is -2.11. The molecule has 0 spiro atoms. The van der Waals surface area contributed by atoms with E-state index in [2.05, 4.69) is 42.2 Å². The normalized spacial score (nSPS) is 11.0. The molecule has 0 saturated carbocycles. The van der Waals surface area contributed by atoms with Crippen LogP contribution in [0, 0.1) is 0 Å². The topological polar surface area (TPSA) is 70.9 Å². The highest BCUT2D eigenvalue weighted by atomic mass is 79.9. The van der Waals surface area contributed by atoms with Crippen molar-refractivity contribution in [2.45, 2.75) is 6.92 Å². The van der Waals surface area contributed by atoms with Crippen LogP contribution in [0.4, 0.5) is 11.4 Å². The van der Waals surface area contributed by atoms with E-state index >= 15 is 0 Å². The Morgan fingerprint density at radius 1 is 1.19 bits per heavy atom. The molecule has 0 heterocycles. The fourth-order valence-electron chi connectivity index (χ4n) is 2.67. The minimum atomic E-state index is -0.364. The molecule has 3 rings (SSSR count). The van der Waals surface area contributed by atoms with Gasteiger partial charge in [0.15, 0.2) is 11.5 Å². The fourth-order valence-corrected chi connectivity index (χ4v) is 3.99. The smallest absolute Gasteiger partial charge is 0.257 e. The van der Waals surface area contributed by atoms with Crippen molar-refractivity contribution in [2.24, 2.45) is 4.99 Å². The highest BCUT2D eigenvalue weighted by Crippen LogP contribution is 2.40. The van der Waals surface area contributed by atoms with Crippen molar-refractivity contribution in [1.82, 2.24) is 0 Å². The van der Waals surface area contributed by atoms with Gasteiger partial charge in [0.05, 0.1) is 28.4 Å². The van der Waals surface area contributed by atoms with Crippen LogP contribution >= 0.6 is 55.1 Å². The molecule has 0 bridgehead atoms. The number of benzene rings is 3. The SMILES string of the molecule is CCOc1cc(Br)c(Br)c(C=Nc2cccc(NC(=O)c3ccc(Cl)cc3Cl)c2)c1O. The number of hydrogen-bond donors (Lipinski definition) is 2. The monoisotopic (exact) mass is 584 g/mol. The third-order valence-corrected chi connectivity index (χ3v) is 6.67. The first kappa shape index (κ1) is 23.6. The van der Waals surface area contributed by atoms with Gasteiger partial charge in [-0.15, -0.1) is 0 Å². The number of rotatable bonds is 6. The standard InChI is InChI=1S/C22H16Br2Cl2N2O3/c1-2-31-19-10-17(23)20(24)16(21(19)29)11-27-13-4-3-5-14(9-13)28-22(30)15-7-6-12(25)8-18(15)26/h3-11,29H,2H2,1H3,(H,28,30). The average molecular weight is 587 g/mol. The van der Waals surface area contributed by atoms with Crippen molar-refractivity contribution in [2.75, 3.05) is 11.9 Å². The number of nitrogens with zero attached hydrogens (tertiary/aromatic N) is 1. The molecule has 3 aromatic rings. The van der Waals surface area contributed by atoms with Crippen molar-refractivity contribution in [3.8, 4) is 11.5 Å². The van der Waals surface area contributed by atoms with Crippen LogP contribution in [0.1, 0.15) is 22.8 Å². The Labute approximate surface area is 206 Å². The minimum absolute atomic E-state index is 0.0255. The first-order chi connectivity index (χ1) is 14.8. The summed E-state index contributed by atoms with van der Waals surface area (Å²) < 4.78 is 6.81. The summed E-state index contributed by atoms with van der Waals surface area (Å²) in [6.07, 6.45) is 1.52. The number of aliphatic imine (C=N–C) groups is 1. The maximum Gasteiger partial charge on any atom is 0.257 e. The van der Waals surface area contributed by atoms with E-state index in [1.165, 1.54) is 12.3 Å². The van der Waals surface area contributed by atoms with Crippen LogP contribution in [0.3, 0.4) is 0 Å². The molecular formula is C22H16Br2Cl2N2O3. The summed E-state index contributed by atoms with van der Waals surface area (Å²) in [6, 6.07) is 13.3. The van der Waals surface area contributed by atoms with Gasteiger partial charge >= 0.3 is 0 Å². The second-order valence-electron chi connectivity index (χ2n) is 6.25. The highest BCUT2D eigenvalue weighted by molar-refractivity contribution is 9.13. The first-order valence-corrected chi connectivity index (χ1v) is 11.4. The zero-order chi connectivity index (χ0) is 22.5. The van der Waals surface area contributed by atoms with Crippen LogP contribution in [0.5, 0.6) is 11.5 Å². The Kier molecular flexibility index (Phi) is 8.00. The molecule has 0 aliphatic rings. The van der Waals surface area contributed by atoms with Gasteiger partial charge in [0.25, 0.3) is 5.91 Å². The molecule has 0 unspecified atom stereocenters. The van der Waals surface area contributed by atoms with E-state index in [9.17, 15) is 9.90 Å². The summed E-state index contributed by atoms with van der Waals surface area (Å²) in [5.74, 6) is -0.0427. The van der Waals surface area contributed by atoms with E-state index in [0.717, 1.165) is 4.47 Å². The van der Waals surface area contributed by atoms with Gasteiger partial charge in [-0.3, -0.25) is 9.79 Å². The Hall–Kier alpha value is -2.06. The lowest BCUT2D eigenvalue weighted by molar-refractivity contribution is 0.102. The number of ether oxygens (including phenoxy) is 1. The van der Waals surface area contributed by atoms with Crippen LogP contribution in [0.2, 0.25) is 10.0 Å². The van der Waals surface area contributed by atoms with Crippen molar-refractivity contribution in [3.05, 3.63) is 78.6 Å². The third-order valence-electron chi connectivity index (χ3n) is 4.11. The van der Waals surface area contributed by atoms with Crippen molar-refractivity contribution >= 4 is 78.6 Å². The molecule has 160 valence electrons. The molecule has 0 saturated heterocycles. The number of halogens is 4. The number of hydrogen-bond acceptors (Lipinski definition) is 4. The summed E-state index contributed by atoms with van der Waals surface area (Å²) in [4.78, 5) is 17.0. The molecule has 5 nitrogen and oxygen atoms in total. The van der Waals surface area contributed by atoms with Gasteiger partial charge in [-0.25, -0.2) is 0 Å². The molecule has 0 aromatic heterocycles. The van der Waals surface area contributed by atoms with Crippen LogP contribution < -0.4 is 10.1 Å². The maximum atomic E-state index is 12.5. The van der Waals surface area contributed by atoms with Crippen LogP contribution in [0.15, 0.2) is 62.5 Å². The van der Waals surface area contributed by atoms with Gasteiger partial charge in [0.2, 0.25) is 0 Å². The van der Waals surface area contributed by atoms with Gasteiger partial charge in [-0.05, 0) is 81.2 Å². The second-order valence-corrected chi connectivity index (χ2v) is 8.74. The summed E-state index contributed by atoms with van der Waals surface area (Å²) >= 11 is 18.9. The summed E-state index contributed by atoms with van der Waals surface area (Å²) in [6.45, 7) is 2.25. The van der Waals surface area contributed by atoms with Crippen molar-refractivity contribution < 1.29 is 14.6 Å². The van der Waals surface area contributed by atoms with Gasteiger partial charge in [-0.1, -0.05) is 29.3 Å². The lowest BCUT2D eigenvalue weighted by Crippen LogP contribution is -2.12. The van der Waals surface area contributed by atoms with Crippen LogP contribution in [-0.2, 0) is 0 Å². The number of phenolic OH excluding ortho intramolecular Hbond substituents is 1. The molecule has 31 heavy (non-hydrogen) atoms. The number of carbonyl (C=O) groups is 1. The van der Waals surface area contributed by atoms with E-state index in [-0.39, 0.29) is 16.7 Å². The Bertz CT molecular complexity index is 1170. The molecule has 0 aliphatic carbocycles. The predicted octanol–water partition coefficient (Wildman–Crippen LogP) is 7.63. The Balaban J connectivity index is 1.84. The lowest BCUT2D eigenvalue weighted by atomic mass is 10.2. The number of carbonyl (C=O) groups excluding carboxylic acids is 1. The first-order valence-electron chi connectivity index (χ1n) is 9.04. The van der Waals surface area contributed by atoms with Crippen LogP contribution in [-0.4, -0.2) is 23.8 Å². The average Bonchev–Trinajstić information content (AvgIpc) is 2.72. The van der Waals surface area contributed by atoms with Gasteiger partial charge < -0.3 is 15.2 Å². The van der Waals surface area contributed by atoms with Gasteiger partial charge in [-0.2, -0.15) is 0 Å². The summed E-state index contributed by atoms with van der Waals surface area (Å²) in [7, 11) is 0. The van der Waals surface area contributed by atoms with Crippen molar-refractivity contribution in [1.29, 1.82) is 0 Å². The zero-order valence-corrected chi connectivity index (χ0v) is 20.8. The molecule has 2 N–H and O–H groups in total.